The molecule has 2 saturated heterocycles. The standard InChI is InChI=1S/C15H25O5/c1-8-4-5-11-9(2)12(16)19-13-15(11,18)10(8)6-7-14(3,17)20-13/h8-13,16-17H,4-7H2,1-3H3/t8-,9-,10?,11+,12?,13-,14+,15-/m1/s1. The van der Waals surface area contributed by atoms with Crippen LogP contribution < -0.4 is 0 Å². The molecule has 2 heterocycles. The highest BCUT2D eigenvalue weighted by molar-refractivity contribution is 5.06. The summed E-state index contributed by atoms with van der Waals surface area (Å²) in [6.07, 6.45) is 0.814. The predicted molar refractivity (Wildman–Crippen MR) is 69.8 cm³/mol. The van der Waals surface area contributed by atoms with E-state index < -0.39 is 24.0 Å². The zero-order chi connectivity index (χ0) is 14.7. The van der Waals surface area contributed by atoms with Crippen molar-refractivity contribution in [2.75, 3.05) is 0 Å². The summed E-state index contributed by atoms with van der Waals surface area (Å²) >= 11 is 0. The third-order valence-electron chi connectivity index (χ3n) is 5.77. The van der Waals surface area contributed by atoms with Gasteiger partial charge in [-0.05, 0) is 38.0 Å². The highest BCUT2D eigenvalue weighted by Crippen LogP contribution is 2.55. The first kappa shape index (κ1) is 14.7. The molecule has 2 aliphatic heterocycles. The van der Waals surface area contributed by atoms with Crippen LogP contribution in [0.25, 0.3) is 0 Å². The lowest BCUT2D eigenvalue weighted by Gasteiger charge is -2.55. The molecule has 5 heteroatoms. The SMILES string of the molecule is C[C@@H]1CC[C@H]2[C@@H](C)C(O)O[C@@H]3O[C@](C)(O)CCC1[C@]32[O]. The molecule has 0 aromatic carbocycles. The van der Waals surface area contributed by atoms with E-state index in [4.69, 9.17) is 9.47 Å². The van der Waals surface area contributed by atoms with Crippen LogP contribution in [0.1, 0.15) is 46.5 Å². The molecule has 1 aliphatic carbocycles. The summed E-state index contributed by atoms with van der Waals surface area (Å²) < 4.78 is 11.0. The van der Waals surface area contributed by atoms with Gasteiger partial charge in [-0.2, -0.15) is 0 Å². The summed E-state index contributed by atoms with van der Waals surface area (Å²) in [5, 5.41) is 33.9. The summed E-state index contributed by atoms with van der Waals surface area (Å²) in [4.78, 5) is 0. The molecule has 0 bridgehead atoms. The van der Waals surface area contributed by atoms with Gasteiger partial charge in [0, 0.05) is 18.3 Å². The number of hydrogen-bond acceptors (Lipinski definition) is 4. The van der Waals surface area contributed by atoms with E-state index in [9.17, 15) is 15.3 Å². The first-order chi connectivity index (χ1) is 9.25. The maximum atomic E-state index is 13.7. The van der Waals surface area contributed by atoms with Gasteiger partial charge in [0.15, 0.2) is 24.0 Å². The molecule has 8 atom stereocenters. The fourth-order valence-corrected chi connectivity index (χ4v) is 4.51. The van der Waals surface area contributed by atoms with E-state index in [1.165, 1.54) is 0 Å². The lowest BCUT2D eigenvalue weighted by molar-refractivity contribution is -0.413. The van der Waals surface area contributed by atoms with E-state index in [0.29, 0.717) is 18.8 Å². The van der Waals surface area contributed by atoms with Gasteiger partial charge in [-0.3, -0.25) is 0 Å². The third kappa shape index (κ3) is 2.03. The molecule has 1 radical (unpaired) electrons. The summed E-state index contributed by atoms with van der Waals surface area (Å²) in [5.74, 6) is -1.48. The molecule has 2 unspecified atom stereocenters. The molecule has 3 fully saturated rings. The Morgan fingerprint density at radius 2 is 1.85 bits per heavy atom. The molecule has 1 saturated carbocycles. The number of ether oxygens (including phenoxy) is 2. The Bertz CT molecular complexity index is 384. The van der Waals surface area contributed by atoms with E-state index in [2.05, 4.69) is 6.92 Å². The van der Waals surface area contributed by atoms with Gasteiger partial charge >= 0.3 is 0 Å². The van der Waals surface area contributed by atoms with Crippen LogP contribution in [0, 0.1) is 23.7 Å². The predicted octanol–water partition coefficient (Wildman–Crippen LogP) is 1.65. The van der Waals surface area contributed by atoms with Crippen LogP contribution in [0.2, 0.25) is 0 Å². The van der Waals surface area contributed by atoms with Gasteiger partial charge in [-0.1, -0.05) is 13.8 Å². The number of aliphatic hydroxyl groups is 2. The van der Waals surface area contributed by atoms with Crippen molar-refractivity contribution >= 4 is 0 Å². The average molecular weight is 285 g/mol. The van der Waals surface area contributed by atoms with E-state index in [-0.39, 0.29) is 17.8 Å². The van der Waals surface area contributed by atoms with Crippen LogP contribution in [0.5, 0.6) is 0 Å². The second-order valence-electron chi connectivity index (χ2n) is 7.17. The molecule has 115 valence electrons. The Hall–Kier alpha value is -0.200. The zero-order valence-electron chi connectivity index (χ0n) is 12.4. The van der Waals surface area contributed by atoms with Crippen molar-refractivity contribution in [2.24, 2.45) is 23.7 Å². The molecular weight excluding hydrogens is 260 g/mol. The van der Waals surface area contributed by atoms with Crippen LogP contribution >= 0.6 is 0 Å². The number of hydrogen-bond donors (Lipinski definition) is 2. The van der Waals surface area contributed by atoms with Gasteiger partial charge in [0.2, 0.25) is 0 Å². The van der Waals surface area contributed by atoms with Crippen molar-refractivity contribution in [3.05, 3.63) is 0 Å². The lowest BCUT2D eigenvalue weighted by Crippen LogP contribution is -2.66. The number of aliphatic hydroxyl groups excluding tert-OH is 1. The zero-order valence-corrected chi connectivity index (χ0v) is 12.4. The second-order valence-corrected chi connectivity index (χ2v) is 7.17. The smallest absolute Gasteiger partial charge is 0.196 e. The van der Waals surface area contributed by atoms with E-state index in [1.54, 1.807) is 6.92 Å². The molecule has 0 amide bonds. The monoisotopic (exact) mass is 285 g/mol. The Labute approximate surface area is 119 Å². The minimum Gasteiger partial charge on any atom is -0.368 e. The minimum absolute atomic E-state index is 0.0739. The topological polar surface area (TPSA) is 78.8 Å². The summed E-state index contributed by atoms with van der Waals surface area (Å²) in [6, 6.07) is 0. The van der Waals surface area contributed by atoms with Gasteiger partial charge in [0.05, 0.1) is 0 Å². The first-order valence-corrected chi connectivity index (χ1v) is 7.70. The molecule has 0 aromatic heterocycles. The van der Waals surface area contributed by atoms with Crippen molar-refractivity contribution < 1.29 is 24.8 Å². The Balaban J connectivity index is 2.02. The van der Waals surface area contributed by atoms with Crippen LogP contribution in [0.4, 0.5) is 0 Å². The summed E-state index contributed by atoms with van der Waals surface area (Å²) in [5.41, 5.74) is -1.36. The van der Waals surface area contributed by atoms with E-state index >= 15 is 0 Å². The highest BCUT2D eigenvalue weighted by atomic mass is 16.8. The molecule has 20 heavy (non-hydrogen) atoms. The van der Waals surface area contributed by atoms with Gasteiger partial charge < -0.3 is 19.7 Å². The first-order valence-electron chi connectivity index (χ1n) is 7.70. The second kappa shape index (κ2) is 4.65. The third-order valence-corrected chi connectivity index (χ3v) is 5.77. The Morgan fingerprint density at radius 1 is 1.15 bits per heavy atom. The fraction of sp³-hybridized carbons (Fsp3) is 1.00. The lowest BCUT2D eigenvalue weighted by atomic mass is 9.58. The maximum Gasteiger partial charge on any atom is 0.196 e. The average Bonchev–Trinajstić information content (AvgIpc) is 2.44. The van der Waals surface area contributed by atoms with Crippen molar-refractivity contribution in [1.82, 2.24) is 0 Å². The summed E-state index contributed by atoms with van der Waals surface area (Å²) in [7, 11) is 0. The van der Waals surface area contributed by atoms with Crippen molar-refractivity contribution in [3.8, 4) is 0 Å². The van der Waals surface area contributed by atoms with E-state index in [0.717, 1.165) is 12.8 Å². The minimum atomic E-state index is -1.36. The quantitative estimate of drug-likeness (QED) is 0.709. The Kier molecular flexibility index (Phi) is 3.42. The van der Waals surface area contributed by atoms with Gasteiger partial charge in [0.1, 0.15) is 0 Å². The maximum absolute atomic E-state index is 13.7. The van der Waals surface area contributed by atoms with Crippen LogP contribution in [0.15, 0.2) is 0 Å². The normalized spacial score (nSPS) is 59.7. The fourth-order valence-electron chi connectivity index (χ4n) is 4.51. The molecule has 3 aliphatic rings. The van der Waals surface area contributed by atoms with Crippen molar-refractivity contribution in [3.63, 3.8) is 0 Å². The van der Waals surface area contributed by atoms with Gasteiger partial charge in [-0.15, -0.1) is 0 Å². The van der Waals surface area contributed by atoms with Crippen LogP contribution in [-0.2, 0) is 14.6 Å². The van der Waals surface area contributed by atoms with Crippen LogP contribution in [-0.4, -0.2) is 34.2 Å². The molecule has 0 aromatic rings. The number of rotatable bonds is 0. The van der Waals surface area contributed by atoms with Gasteiger partial charge in [-0.25, -0.2) is 5.11 Å². The largest absolute Gasteiger partial charge is 0.368 e. The van der Waals surface area contributed by atoms with Gasteiger partial charge in [0.25, 0.3) is 0 Å². The molecule has 5 nitrogen and oxygen atoms in total. The molecule has 2 N–H and O–H groups in total. The Morgan fingerprint density at radius 3 is 2.55 bits per heavy atom. The molecule has 3 rings (SSSR count). The summed E-state index contributed by atoms with van der Waals surface area (Å²) in [6.45, 7) is 5.55. The van der Waals surface area contributed by atoms with Crippen LogP contribution in [0.3, 0.4) is 0 Å². The molecular formula is C15H25O5. The molecule has 0 spiro atoms. The highest BCUT2D eigenvalue weighted by Gasteiger charge is 2.64. The van der Waals surface area contributed by atoms with E-state index in [1.807, 2.05) is 6.92 Å². The van der Waals surface area contributed by atoms with Crippen molar-refractivity contribution in [1.29, 1.82) is 0 Å². The van der Waals surface area contributed by atoms with Crippen molar-refractivity contribution in [2.45, 2.75) is 70.4 Å².